The average molecular weight is 526 g/mol. The fraction of sp³-hybridized carbons (Fsp3) is 0.192. The van der Waals surface area contributed by atoms with Crippen LogP contribution >= 0.6 is 23.4 Å². The maximum absolute atomic E-state index is 13.4. The highest BCUT2D eigenvalue weighted by molar-refractivity contribution is 7.99. The lowest BCUT2D eigenvalue weighted by Gasteiger charge is -2.15. The topological polar surface area (TPSA) is 91.7 Å². The van der Waals surface area contributed by atoms with Gasteiger partial charge in [0.05, 0.1) is 37.9 Å². The predicted octanol–water partition coefficient (Wildman–Crippen LogP) is 5.19. The molecule has 4 aromatic rings. The number of nitrogens with one attached hydrogen (secondary N) is 1. The Balaban J connectivity index is 1.55. The summed E-state index contributed by atoms with van der Waals surface area (Å²) in [6.07, 6.45) is 0.185. The molecule has 0 aliphatic rings. The summed E-state index contributed by atoms with van der Waals surface area (Å²) in [6.45, 7) is 0. The number of carbonyl (C=O) groups excluding carboxylic acids is 1. The number of para-hydroxylation sites is 1. The van der Waals surface area contributed by atoms with Crippen LogP contribution in [-0.2, 0) is 4.79 Å². The number of carbonyl (C=O) groups is 1. The molecule has 1 amide bonds. The molecule has 0 bridgehead atoms. The van der Waals surface area contributed by atoms with E-state index in [2.05, 4.69) is 10.3 Å². The number of thioether (sulfide) groups is 1. The first kappa shape index (κ1) is 25.4. The monoisotopic (exact) mass is 525 g/mol. The van der Waals surface area contributed by atoms with Gasteiger partial charge in [-0.05, 0) is 30.3 Å². The molecule has 0 aliphatic heterocycles. The first-order valence-corrected chi connectivity index (χ1v) is 12.3. The van der Waals surface area contributed by atoms with E-state index in [-0.39, 0.29) is 17.9 Å². The summed E-state index contributed by atoms with van der Waals surface area (Å²) in [5.74, 6) is 1.51. The van der Waals surface area contributed by atoms with Crippen molar-refractivity contribution < 1.29 is 19.0 Å². The molecule has 0 spiro atoms. The van der Waals surface area contributed by atoms with E-state index in [1.54, 1.807) is 34.9 Å². The number of anilines is 1. The van der Waals surface area contributed by atoms with E-state index < -0.39 is 0 Å². The Morgan fingerprint density at radius 2 is 1.69 bits per heavy atom. The van der Waals surface area contributed by atoms with Crippen LogP contribution in [0.2, 0.25) is 5.02 Å². The summed E-state index contributed by atoms with van der Waals surface area (Å²) in [7, 11) is 4.53. The van der Waals surface area contributed by atoms with Crippen molar-refractivity contribution in [1.82, 2.24) is 9.55 Å². The molecule has 0 atom stereocenters. The number of hydrogen-bond acceptors (Lipinski definition) is 7. The zero-order chi connectivity index (χ0) is 25.7. The third kappa shape index (κ3) is 5.42. The number of methoxy groups -OCH3 is 3. The summed E-state index contributed by atoms with van der Waals surface area (Å²) in [5.41, 5.74) is 1.52. The van der Waals surface area contributed by atoms with Gasteiger partial charge in [0.2, 0.25) is 11.7 Å². The first-order valence-electron chi connectivity index (χ1n) is 11.0. The second kappa shape index (κ2) is 11.4. The van der Waals surface area contributed by atoms with Gasteiger partial charge in [0.15, 0.2) is 16.7 Å². The molecule has 0 fully saturated rings. The van der Waals surface area contributed by atoms with E-state index in [4.69, 9.17) is 25.8 Å². The van der Waals surface area contributed by atoms with Crippen LogP contribution < -0.4 is 25.1 Å². The SMILES string of the molecule is COc1cc(NC(=O)CCSc2nc3ccc(Cl)cc3c(=O)n2-c2ccccc2)cc(OC)c1OC. The van der Waals surface area contributed by atoms with E-state index in [9.17, 15) is 9.59 Å². The minimum absolute atomic E-state index is 0.185. The van der Waals surface area contributed by atoms with Crippen molar-refractivity contribution in [2.45, 2.75) is 11.6 Å². The molecule has 0 saturated heterocycles. The molecule has 186 valence electrons. The van der Waals surface area contributed by atoms with Crippen LogP contribution in [0.25, 0.3) is 16.6 Å². The van der Waals surface area contributed by atoms with Crippen molar-refractivity contribution in [3.8, 4) is 22.9 Å². The molecule has 3 aromatic carbocycles. The highest BCUT2D eigenvalue weighted by atomic mass is 35.5. The number of amides is 1. The smallest absolute Gasteiger partial charge is 0.266 e. The Labute approximate surface area is 217 Å². The highest BCUT2D eigenvalue weighted by Gasteiger charge is 2.16. The quantitative estimate of drug-likeness (QED) is 0.237. The Hall–Kier alpha value is -3.69. The Kier molecular flexibility index (Phi) is 8.02. The lowest BCUT2D eigenvalue weighted by atomic mass is 10.2. The van der Waals surface area contributed by atoms with Crippen molar-refractivity contribution in [2.75, 3.05) is 32.4 Å². The number of ether oxygens (including phenoxy) is 3. The van der Waals surface area contributed by atoms with Crippen molar-refractivity contribution in [3.05, 3.63) is 76.0 Å². The van der Waals surface area contributed by atoms with E-state index in [1.165, 1.54) is 33.1 Å². The van der Waals surface area contributed by atoms with E-state index in [1.807, 2.05) is 30.3 Å². The molecule has 0 unspecified atom stereocenters. The summed E-state index contributed by atoms with van der Waals surface area (Å²) in [5, 5.41) is 4.23. The molecule has 1 heterocycles. The van der Waals surface area contributed by atoms with Gasteiger partial charge >= 0.3 is 0 Å². The summed E-state index contributed by atoms with van der Waals surface area (Å²) in [4.78, 5) is 30.7. The van der Waals surface area contributed by atoms with E-state index in [0.717, 1.165) is 0 Å². The third-order valence-corrected chi connectivity index (χ3v) is 6.50. The molecule has 10 heteroatoms. The Bertz CT molecular complexity index is 1430. The number of halogens is 1. The molecule has 1 N–H and O–H groups in total. The lowest BCUT2D eigenvalue weighted by Crippen LogP contribution is -2.22. The Morgan fingerprint density at radius 3 is 2.33 bits per heavy atom. The minimum atomic E-state index is -0.224. The van der Waals surface area contributed by atoms with Crippen molar-refractivity contribution in [3.63, 3.8) is 0 Å². The van der Waals surface area contributed by atoms with Gasteiger partial charge in [-0.25, -0.2) is 4.98 Å². The number of fused-ring (bicyclic) bond motifs is 1. The van der Waals surface area contributed by atoms with Crippen LogP contribution in [-0.4, -0.2) is 42.5 Å². The summed E-state index contributed by atoms with van der Waals surface area (Å²) in [6, 6.07) is 17.6. The molecule has 0 saturated carbocycles. The number of aromatic nitrogens is 2. The highest BCUT2D eigenvalue weighted by Crippen LogP contribution is 2.40. The van der Waals surface area contributed by atoms with Gasteiger partial charge in [-0.1, -0.05) is 41.6 Å². The van der Waals surface area contributed by atoms with Crippen LogP contribution in [0, 0.1) is 0 Å². The van der Waals surface area contributed by atoms with E-state index >= 15 is 0 Å². The second-order valence-corrected chi connectivity index (χ2v) is 9.09. The molecule has 0 radical (unpaired) electrons. The van der Waals surface area contributed by atoms with Crippen LogP contribution in [0.3, 0.4) is 0 Å². The van der Waals surface area contributed by atoms with Crippen LogP contribution in [0.4, 0.5) is 5.69 Å². The van der Waals surface area contributed by atoms with Crippen LogP contribution in [0.1, 0.15) is 6.42 Å². The van der Waals surface area contributed by atoms with Crippen molar-refractivity contribution in [1.29, 1.82) is 0 Å². The normalized spacial score (nSPS) is 10.8. The molecule has 8 nitrogen and oxygen atoms in total. The maximum atomic E-state index is 13.4. The summed E-state index contributed by atoms with van der Waals surface area (Å²) >= 11 is 7.44. The standard InChI is InChI=1S/C26H24ClN3O5S/c1-33-21-14-17(15-22(34-2)24(21)35-3)28-23(31)11-12-36-26-29-20-10-9-16(27)13-19(20)25(32)30(26)18-7-5-4-6-8-18/h4-10,13-15H,11-12H2,1-3H3,(H,28,31). The first-order chi connectivity index (χ1) is 17.4. The van der Waals surface area contributed by atoms with Gasteiger partial charge in [0.1, 0.15) is 0 Å². The molecular formula is C26H24ClN3O5S. The molecule has 36 heavy (non-hydrogen) atoms. The van der Waals surface area contributed by atoms with Gasteiger partial charge in [-0.3, -0.25) is 14.2 Å². The molecule has 0 aliphatic carbocycles. The van der Waals surface area contributed by atoms with Gasteiger partial charge in [0, 0.05) is 35.0 Å². The minimum Gasteiger partial charge on any atom is -0.493 e. The van der Waals surface area contributed by atoms with Crippen molar-refractivity contribution in [2.24, 2.45) is 0 Å². The number of hydrogen-bond donors (Lipinski definition) is 1. The zero-order valence-electron chi connectivity index (χ0n) is 19.9. The number of benzene rings is 3. The molecule has 1 aromatic heterocycles. The average Bonchev–Trinajstić information content (AvgIpc) is 2.89. The predicted molar refractivity (Wildman–Crippen MR) is 142 cm³/mol. The largest absolute Gasteiger partial charge is 0.493 e. The Morgan fingerprint density at radius 1 is 1.00 bits per heavy atom. The third-order valence-electron chi connectivity index (χ3n) is 5.32. The summed E-state index contributed by atoms with van der Waals surface area (Å²) < 4.78 is 17.5. The molecule has 4 rings (SSSR count). The number of nitrogens with zero attached hydrogens (tertiary/aromatic N) is 2. The maximum Gasteiger partial charge on any atom is 0.266 e. The van der Waals surface area contributed by atoms with Gasteiger partial charge in [-0.2, -0.15) is 0 Å². The van der Waals surface area contributed by atoms with Gasteiger partial charge in [-0.15, -0.1) is 0 Å². The van der Waals surface area contributed by atoms with E-state index in [0.29, 0.717) is 55.5 Å². The van der Waals surface area contributed by atoms with Crippen molar-refractivity contribution >= 4 is 45.9 Å². The van der Waals surface area contributed by atoms with Crippen LogP contribution in [0.5, 0.6) is 17.2 Å². The fourth-order valence-electron chi connectivity index (χ4n) is 3.65. The zero-order valence-corrected chi connectivity index (χ0v) is 21.5. The number of rotatable bonds is 9. The van der Waals surface area contributed by atoms with Gasteiger partial charge < -0.3 is 19.5 Å². The molecular weight excluding hydrogens is 502 g/mol. The van der Waals surface area contributed by atoms with Crippen LogP contribution in [0.15, 0.2) is 70.6 Å². The van der Waals surface area contributed by atoms with Gasteiger partial charge in [0.25, 0.3) is 5.56 Å². The second-order valence-electron chi connectivity index (χ2n) is 7.59. The lowest BCUT2D eigenvalue weighted by molar-refractivity contribution is -0.115. The fourth-order valence-corrected chi connectivity index (χ4v) is 4.77.